The molecule has 0 radical (unpaired) electrons. The van der Waals surface area contributed by atoms with Gasteiger partial charge in [-0.3, -0.25) is 0 Å². The van der Waals surface area contributed by atoms with Gasteiger partial charge in [-0.25, -0.2) is 0 Å². The average Bonchev–Trinajstić information content (AvgIpc) is 2.81. The molecule has 4 rings (SSSR count). The fraction of sp³-hybridized carbons (Fsp3) is 0.538. The van der Waals surface area contributed by atoms with Crippen LogP contribution in [-0.2, 0) is 6.54 Å². The van der Waals surface area contributed by atoms with E-state index in [1.54, 1.807) is 4.90 Å². The number of quaternary nitrogens is 2. The summed E-state index contributed by atoms with van der Waals surface area (Å²) in [4.78, 5) is 3.14. The molecule has 1 heterocycles. The van der Waals surface area contributed by atoms with Crippen LogP contribution in [0.15, 0.2) is 54.6 Å². The summed E-state index contributed by atoms with van der Waals surface area (Å²) in [6, 6.07) is 19.4. The van der Waals surface area contributed by atoms with Crippen LogP contribution in [0.3, 0.4) is 0 Å². The summed E-state index contributed by atoms with van der Waals surface area (Å²) >= 11 is 0. The number of piperazine rings is 1. The summed E-state index contributed by atoms with van der Waals surface area (Å²) in [5.74, 6) is 1.60. The molecule has 2 aromatic carbocycles. The molecule has 2 aliphatic rings. The van der Waals surface area contributed by atoms with Crippen LogP contribution in [0.1, 0.15) is 49.1 Å². The van der Waals surface area contributed by atoms with Crippen LogP contribution < -0.4 is 14.5 Å². The van der Waals surface area contributed by atoms with Crippen molar-refractivity contribution in [2.24, 2.45) is 0 Å². The molecule has 2 aromatic rings. The highest BCUT2D eigenvalue weighted by atomic mass is 16.5. The smallest absolute Gasteiger partial charge is 0.137 e. The Kier molecular flexibility index (Phi) is 7.79. The second kappa shape index (κ2) is 10.9. The van der Waals surface area contributed by atoms with Gasteiger partial charge in [0.15, 0.2) is 0 Å². The van der Waals surface area contributed by atoms with Crippen molar-refractivity contribution in [2.75, 3.05) is 39.3 Å². The molecule has 1 atom stereocenters. The van der Waals surface area contributed by atoms with Gasteiger partial charge in [-0.05, 0) is 36.5 Å². The van der Waals surface area contributed by atoms with E-state index in [1.807, 2.05) is 0 Å². The van der Waals surface area contributed by atoms with Crippen molar-refractivity contribution in [3.63, 3.8) is 0 Å². The van der Waals surface area contributed by atoms with Crippen molar-refractivity contribution in [1.82, 2.24) is 0 Å². The van der Waals surface area contributed by atoms with Crippen LogP contribution >= 0.6 is 0 Å². The Bertz CT molecular complexity index is 735. The molecule has 0 bridgehead atoms. The van der Waals surface area contributed by atoms with E-state index in [9.17, 15) is 5.11 Å². The topological polar surface area (TPSA) is 38.3 Å². The van der Waals surface area contributed by atoms with Crippen LogP contribution in [0.2, 0.25) is 0 Å². The lowest BCUT2D eigenvalue weighted by Gasteiger charge is -2.30. The minimum Gasteiger partial charge on any atom is -0.491 e. The van der Waals surface area contributed by atoms with E-state index in [2.05, 4.69) is 54.6 Å². The van der Waals surface area contributed by atoms with Gasteiger partial charge in [-0.1, -0.05) is 61.7 Å². The lowest BCUT2D eigenvalue weighted by Crippen LogP contribution is -3.28. The number of ether oxygens (including phenoxy) is 1. The standard InChI is InChI=1S/C26H36N2O2/c29-25(20-28-17-15-27(16-18-28)19-22-7-3-1-4-8-22)21-30-26-13-11-24(12-14-26)23-9-5-2-6-10-23/h1,3-4,7-8,11-14,23,25,29H,2,5-6,9-10,15-21H2/p+2/t25-/m1/s1. The highest BCUT2D eigenvalue weighted by molar-refractivity contribution is 5.29. The third-order valence-corrected chi connectivity index (χ3v) is 6.88. The third kappa shape index (κ3) is 6.31. The summed E-state index contributed by atoms with van der Waals surface area (Å²) in [5, 5.41) is 10.5. The van der Waals surface area contributed by atoms with Crippen LogP contribution in [0.5, 0.6) is 5.75 Å². The van der Waals surface area contributed by atoms with Crippen molar-refractivity contribution < 1.29 is 19.6 Å². The van der Waals surface area contributed by atoms with Crippen LogP contribution in [0, 0.1) is 0 Å². The summed E-state index contributed by atoms with van der Waals surface area (Å²) in [5.41, 5.74) is 2.86. The van der Waals surface area contributed by atoms with Gasteiger partial charge >= 0.3 is 0 Å². The van der Waals surface area contributed by atoms with Gasteiger partial charge in [-0.2, -0.15) is 0 Å². The fourth-order valence-electron chi connectivity index (χ4n) is 5.08. The SMILES string of the molecule is O[C@@H](COc1ccc(C2CCCCC2)cc1)C[NH+]1CC[NH+](Cc2ccccc2)CC1. The van der Waals surface area contributed by atoms with Crippen LogP contribution in [0.25, 0.3) is 0 Å². The van der Waals surface area contributed by atoms with E-state index in [1.165, 1.54) is 61.2 Å². The zero-order valence-corrected chi connectivity index (χ0v) is 18.2. The second-order valence-corrected chi connectivity index (χ2v) is 9.24. The molecule has 1 aliphatic heterocycles. The van der Waals surface area contributed by atoms with Gasteiger partial charge in [0, 0.05) is 5.56 Å². The zero-order chi connectivity index (χ0) is 20.6. The molecule has 0 aromatic heterocycles. The molecule has 0 spiro atoms. The monoisotopic (exact) mass is 410 g/mol. The summed E-state index contributed by atoms with van der Waals surface area (Å²) in [6.45, 7) is 6.84. The Hall–Kier alpha value is -1.88. The van der Waals surface area contributed by atoms with Crippen molar-refractivity contribution in [2.45, 2.75) is 50.7 Å². The number of nitrogens with one attached hydrogen (secondary N) is 2. The molecule has 1 saturated carbocycles. The predicted molar refractivity (Wildman–Crippen MR) is 120 cm³/mol. The maximum Gasteiger partial charge on any atom is 0.137 e. The van der Waals surface area contributed by atoms with Crippen molar-refractivity contribution in [3.8, 4) is 5.75 Å². The van der Waals surface area contributed by atoms with Gasteiger partial charge in [0.2, 0.25) is 0 Å². The molecule has 3 N–H and O–H groups in total. The Morgan fingerprint density at radius 3 is 2.20 bits per heavy atom. The first kappa shape index (κ1) is 21.4. The Morgan fingerprint density at radius 1 is 0.833 bits per heavy atom. The van der Waals surface area contributed by atoms with Crippen molar-refractivity contribution in [3.05, 3.63) is 65.7 Å². The van der Waals surface area contributed by atoms with Gasteiger partial charge in [0.05, 0.1) is 0 Å². The Morgan fingerprint density at radius 2 is 1.50 bits per heavy atom. The molecule has 0 unspecified atom stereocenters. The molecule has 4 nitrogen and oxygen atoms in total. The first-order chi connectivity index (χ1) is 14.8. The summed E-state index contributed by atoms with van der Waals surface area (Å²) in [6.07, 6.45) is 6.35. The number of hydrogen-bond donors (Lipinski definition) is 3. The van der Waals surface area contributed by atoms with Crippen LogP contribution in [-0.4, -0.2) is 50.5 Å². The zero-order valence-electron chi connectivity index (χ0n) is 18.2. The average molecular weight is 411 g/mol. The Balaban J connectivity index is 1.15. The highest BCUT2D eigenvalue weighted by Crippen LogP contribution is 2.33. The number of hydrogen-bond acceptors (Lipinski definition) is 2. The van der Waals surface area contributed by atoms with Gasteiger partial charge < -0.3 is 19.6 Å². The van der Waals surface area contributed by atoms with Crippen LogP contribution in [0.4, 0.5) is 0 Å². The van der Waals surface area contributed by atoms with E-state index < -0.39 is 6.10 Å². The summed E-state index contributed by atoms with van der Waals surface area (Å²) < 4.78 is 5.88. The maximum atomic E-state index is 10.5. The third-order valence-electron chi connectivity index (χ3n) is 6.88. The normalized spacial score (nSPS) is 23.8. The lowest BCUT2D eigenvalue weighted by atomic mass is 9.84. The van der Waals surface area contributed by atoms with Gasteiger partial charge in [0.25, 0.3) is 0 Å². The maximum absolute atomic E-state index is 10.5. The van der Waals surface area contributed by atoms with Crippen molar-refractivity contribution in [1.29, 1.82) is 0 Å². The van der Waals surface area contributed by atoms with E-state index >= 15 is 0 Å². The molecule has 162 valence electrons. The van der Waals surface area contributed by atoms with E-state index in [-0.39, 0.29) is 0 Å². The molecular formula is C26H38N2O2+2. The lowest BCUT2D eigenvalue weighted by molar-refractivity contribution is -1.02. The number of aliphatic hydroxyl groups is 1. The van der Waals surface area contributed by atoms with Gasteiger partial charge in [-0.15, -0.1) is 0 Å². The molecule has 1 saturated heterocycles. The van der Waals surface area contributed by atoms with E-state index in [0.29, 0.717) is 6.61 Å². The number of benzene rings is 2. The summed E-state index contributed by atoms with van der Waals surface area (Å²) in [7, 11) is 0. The van der Waals surface area contributed by atoms with Crippen molar-refractivity contribution >= 4 is 0 Å². The predicted octanol–water partition coefficient (Wildman–Crippen LogP) is 1.46. The minimum atomic E-state index is -0.409. The molecule has 1 aliphatic carbocycles. The Labute approximate surface area is 181 Å². The fourth-order valence-corrected chi connectivity index (χ4v) is 5.08. The number of rotatable bonds is 8. The van der Waals surface area contributed by atoms with E-state index in [4.69, 9.17) is 4.74 Å². The molecular weight excluding hydrogens is 372 g/mol. The minimum absolute atomic E-state index is 0.382. The highest BCUT2D eigenvalue weighted by Gasteiger charge is 2.25. The first-order valence-corrected chi connectivity index (χ1v) is 11.9. The van der Waals surface area contributed by atoms with Gasteiger partial charge in [0.1, 0.15) is 57.7 Å². The number of aliphatic hydroxyl groups excluding tert-OH is 1. The van der Waals surface area contributed by atoms with E-state index in [0.717, 1.165) is 37.8 Å². The molecule has 4 heteroatoms. The molecule has 30 heavy (non-hydrogen) atoms. The molecule has 0 amide bonds. The quantitative estimate of drug-likeness (QED) is 0.617. The molecule has 2 fully saturated rings. The first-order valence-electron chi connectivity index (χ1n) is 11.9. The second-order valence-electron chi connectivity index (χ2n) is 9.24. The largest absolute Gasteiger partial charge is 0.491 e.